The maximum atomic E-state index is 5.32. The highest BCUT2D eigenvalue weighted by atomic mass is 15.0. The Morgan fingerprint density at radius 1 is 0.371 bits per heavy atom. The van der Waals surface area contributed by atoms with Crippen LogP contribution in [-0.4, -0.2) is 24.1 Å². The molecule has 0 N–H and O–H groups in total. The van der Waals surface area contributed by atoms with Gasteiger partial charge in [-0.3, -0.25) is 0 Å². The van der Waals surface area contributed by atoms with Gasteiger partial charge in [0.2, 0.25) is 0 Å². The van der Waals surface area contributed by atoms with E-state index in [9.17, 15) is 0 Å². The lowest BCUT2D eigenvalue weighted by Gasteiger charge is -2.14. The third kappa shape index (κ3) is 6.05. The Kier molecular flexibility index (Phi) is 8.56. The minimum atomic E-state index is 0.627. The van der Waals surface area contributed by atoms with Gasteiger partial charge in [0.25, 0.3) is 0 Å². The van der Waals surface area contributed by atoms with Gasteiger partial charge in [-0.1, -0.05) is 152 Å². The fraction of sp³-hybridized carbons (Fsp3) is 0.0351. The SMILES string of the molecule is C1=CCCC(c2ccc(-n3c4ccccc4c4c(-c5nc(-c6ccccc6)nc(-c6ccccc6)n5)cc(-c5ccc6c(c5)c5ccccc5n6-c5ccccc5)cc43)cc2)=C1. The third-order valence-corrected chi connectivity index (χ3v) is 12.2. The van der Waals surface area contributed by atoms with Gasteiger partial charge in [0.1, 0.15) is 0 Å². The van der Waals surface area contributed by atoms with Gasteiger partial charge in [-0.25, -0.2) is 15.0 Å². The molecule has 12 rings (SSSR count). The third-order valence-electron chi connectivity index (χ3n) is 12.2. The van der Waals surface area contributed by atoms with Crippen molar-refractivity contribution in [3.63, 3.8) is 0 Å². The largest absolute Gasteiger partial charge is 0.309 e. The van der Waals surface area contributed by atoms with Gasteiger partial charge in [-0.15, -0.1) is 0 Å². The lowest BCUT2D eigenvalue weighted by molar-refractivity contribution is 1.05. The number of hydrogen-bond acceptors (Lipinski definition) is 3. The zero-order valence-electron chi connectivity index (χ0n) is 33.9. The minimum Gasteiger partial charge on any atom is -0.309 e. The first kappa shape index (κ1) is 35.8. The maximum Gasteiger partial charge on any atom is 0.164 e. The first-order valence-corrected chi connectivity index (χ1v) is 21.3. The van der Waals surface area contributed by atoms with Gasteiger partial charge in [0, 0.05) is 49.6 Å². The zero-order valence-corrected chi connectivity index (χ0v) is 33.9. The second-order valence-electron chi connectivity index (χ2n) is 15.9. The Bertz CT molecular complexity index is 3480. The molecule has 292 valence electrons. The van der Waals surface area contributed by atoms with Gasteiger partial charge in [-0.05, 0) is 95.8 Å². The Balaban J connectivity index is 1.15. The van der Waals surface area contributed by atoms with Crippen molar-refractivity contribution in [2.45, 2.75) is 12.8 Å². The van der Waals surface area contributed by atoms with Crippen LogP contribution in [0.2, 0.25) is 0 Å². The summed E-state index contributed by atoms with van der Waals surface area (Å²) >= 11 is 0. The van der Waals surface area contributed by atoms with E-state index in [0.29, 0.717) is 17.5 Å². The van der Waals surface area contributed by atoms with E-state index >= 15 is 0 Å². The van der Waals surface area contributed by atoms with Crippen LogP contribution in [0.3, 0.4) is 0 Å². The number of fused-ring (bicyclic) bond motifs is 6. The topological polar surface area (TPSA) is 48.5 Å². The Morgan fingerprint density at radius 3 is 1.60 bits per heavy atom. The number of aromatic nitrogens is 5. The number of nitrogens with zero attached hydrogens (tertiary/aromatic N) is 5. The summed E-state index contributed by atoms with van der Waals surface area (Å²) < 4.78 is 4.78. The normalized spacial score (nSPS) is 12.7. The monoisotopic (exact) mass is 793 g/mol. The molecule has 0 aliphatic heterocycles. The van der Waals surface area contributed by atoms with Crippen LogP contribution in [0.4, 0.5) is 0 Å². The highest BCUT2D eigenvalue weighted by Crippen LogP contribution is 2.43. The number of hydrogen-bond donors (Lipinski definition) is 0. The van der Waals surface area contributed by atoms with Crippen molar-refractivity contribution in [3.8, 4) is 56.7 Å². The predicted molar refractivity (Wildman–Crippen MR) is 257 cm³/mol. The van der Waals surface area contributed by atoms with Crippen molar-refractivity contribution in [2.75, 3.05) is 0 Å². The molecule has 1 aliphatic rings. The molecule has 3 heterocycles. The lowest BCUT2D eigenvalue weighted by Crippen LogP contribution is -2.01. The fourth-order valence-electron chi connectivity index (χ4n) is 9.32. The molecule has 8 aromatic carbocycles. The van der Waals surface area contributed by atoms with Crippen molar-refractivity contribution < 1.29 is 0 Å². The van der Waals surface area contributed by atoms with Crippen LogP contribution in [0.5, 0.6) is 0 Å². The molecule has 0 saturated heterocycles. The fourth-order valence-corrected chi connectivity index (χ4v) is 9.32. The average Bonchev–Trinajstić information content (AvgIpc) is 3.87. The molecular formula is C57H39N5. The molecule has 62 heavy (non-hydrogen) atoms. The average molecular weight is 794 g/mol. The molecule has 0 fully saturated rings. The smallest absolute Gasteiger partial charge is 0.164 e. The minimum absolute atomic E-state index is 0.627. The first-order chi connectivity index (χ1) is 30.7. The van der Waals surface area contributed by atoms with Crippen LogP contribution in [0.1, 0.15) is 18.4 Å². The van der Waals surface area contributed by atoms with E-state index in [1.807, 2.05) is 36.4 Å². The number of benzene rings is 8. The molecule has 11 aromatic rings. The van der Waals surface area contributed by atoms with E-state index in [1.165, 1.54) is 27.4 Å². The molecule has 0 radical (unpaired) electrons. The molecule has 0 amide bonds. The standard InChI is InChI=1S/C57H39N5/c1-5-17-38(18-6-1)39-29-32-45(33-30-39)62-51-28-16-14-26-47(51)54-49(57-59-55(40-19-7-2-8-20-40)58-56(60-57)41-21-9-3-10-22-41)36-43(37-53(54)62)42-31-34-52-48(35-42)46-25-13-15-27-50(46)61(52)44-23-11-4-12-24-44/h1-5,7-17,19-37H,6,18H2. The van der Waals surface area contributed by atoms with E-state index in [2.05, 4.69) is 185 Å². The molecule has 0 spiro atoms. The van der Waals surface area contributed by atoms with Gasteiger partial charge in [-0.2, -0.15) is 0 Å². The van der Waals surface area contributed by atoms with E-state index in [4.69, 9.17) is 15.0 Å². The molecule has 0 unspecified atom stereocenters. The Morgan fingerprint density at radius 2 is 0.919 bits per heavy atom. The van der Waals surface area contributed by atoms with Gasteiger partial charge >= 0.3 is 0 Å². The summed E-state index contributed by atoms with van der Waals surface area (Å²) in [6.45, 7) is 0. The molecule has 0 atom stereocenters. The molecule has 5 heteroatoms. The zero-order chi connectivity index (χ0) is 41.0. The molecular weight excluding hydrogens is 755 g/mol. The second-order valence-corrected chi connectivity index (χ2v) is 15.9. The quantitative estimate of drug-likeness (QED) is 0.161. The van der Waals surface area contributed by atoms with Crippen LogP contribution in [0.15, 0.2) is 212 Å². The van der Waals surface area contributed by atoms with Crippen molar-refractivity contribution in [3.05, 3.63) is 218 Å². The molecule has 0 bridgehead atoms. The van der Waals surface area contributed by atoms with Crippen LogP contribution in [-0.2, 0) is 0 Å². The summed E-state index contributed by atoms with van der Waals surface area (Å²) in [4.78, 5) is 15.7. The summed E-state index contributed by atoms with van der Waals surface area (Å²) in [5.74, 6) is 1.89. The van der Waals surface area contributed by atoms with Crippen LogP contribution >= 0.6 is 0 Å². The van der Waals surface area contributed by atoms with Crippen molar-refractivity contribution in [1.29, 1.82) is 0 Å². The molecule has 5 nitrogen and oxygen atoms in total. The molecule has 3 aromatic heterocycles. The van der Waals surface area contributed by atoms with Crippen molar-refractivity contribution in [1.82, 2.24) is 24.1 Å². The Labute approximate surface area is 359 Å². The molecule has 0 saturated carbocycles. The number of para-hydroxylation sites is 3. The van der Waals surface area contributed by atoms with Crippen molar-refractivity contribution >= 4 is 49.2 Å². The highest BCUT2D eigenvalue weighted by molar-refractivity contribution is 6.17. The van der Waals surface area contributed by atoms with E-state index in [1.54, 1.807) is 0 Å². The number of allylic oxidation sites excluding steroid dienone is 4. The summed E-state index contributed by atoms with van der Waals surface area (Å²) in [6.07, 6.45) is 8.77. The summed E-state index contributed by atoms with van der Waals surface area (Å²) in [6, 6.07) is 69.1. The summed E-state index contributed by atoms with van der Waals surface area (Å²) in [7, 11) is 0. The van der Waals surface area contributed by atoms with Crippen LogP contribution in [0.25, 0.3) is 106 Å². The summed E-state index contributed by atoms with van der Waals surface area (Å²) in [5.41, 5.74) is 14.4. The van der Waals surface area contributed by atoms with Gasteiger partial charge in [0.05, 0.1) is 22.1 Å². The van der Waals surface area contributed by atoms with Gasteiger partial charge < -0.3 is 9.13 Å². The van der Waals surface area contributed by atoms with Crippen LogP contribution < -0.4 is 0 Å². The molecule has 1 aliphatic carbocycles. The van der Waals surface area contributed by atoms with Crippen LogP contribution in [0, 0.1) is 0 Å². The number of rotatable bonds is 7. The van der Waals surface area contributed by atoms with E-state index in [-0.39, 0.29) is 0 Å². The first-order valence-electron chi connectivity index (χ1n) is 21.3. The van der Waals surface area contributed by atoms with Crippen molar-refractivity contribution in [2.24, 2.45) is 0 Å². The predicted octanol–water partition coefficient (Wildman–Crippen LogP) is 14.5. The van der Waals surface area contributed by atoms with Gasteiger partial charge in [0.15, 0.2) is 17.5 Å². The van der Waals surface area contributed by atoms with E-state index in [0.717, 1.165) is 79.4 Å². The summed E-state index contributed by atoms with van der Waals surface area (Å²) in [5, 5.41) is 4.64. The Hall–Kier alpha value is -8.15. The highest BCUT2D eigenvalue weighted by Gasteiger charge is 2.22. The second kappa shape index (κ2) is 14.8. The van der Waals surface area contributed by atoms with E-state index < -0.39 is 0 Å². The lowest BCUT2D eigenvalue weighted by atomic mass is 9.96. The maximum absolute atomic E-state index is 5.32.